The molecule has 4 rings (SSSR count). The summed E-state index contributed by atoms with van der Waals surface area (Å²) in [7, 11) is 0. The summed E-state index contributed by atoms with van der Waals surface area (Å²) >= 11 is 0. The Morgan fingerprint density at radius 1 is 0.938 bits per heavy atom. The summed E-state index contributed by atoms with van der Waals surface area (Å²) in [5.74, 6) is -0.747. The summed E-state index contributed by atoms with van der Waals surface area (Å²) < 4.78 is 0. The third-order valence-corrected chi connectivity index (χ3v) is 5.32. The molecular weight excluding hydrogens is 400 g/mol. The lowest BCUT2D eigenvalue weighted by Gasteiger charge is -2.19. The molecule has 1 heterocycles. The highest BCUT2D eigenvalue weighted by atomic mass is 16.2. The lowest BCUT2D eigenvalue weighted by Crippen LogP contribution is -2.48. The van der Waals surface area contributed by atoms with Crippen LogP contribution in [-0.2, 0) is 11.2 Å². The maximum atomic E-state index is 13.3. The molecule has 1 unspecified atom stereocenters. The topological polar surface area (TPSA) is 97.8 Å². The first-order chi connectivity index (χ1) is 15.7. The van der Waals surface area contributed by atoms with E-state index < -0.39 is 11.9 Å². The number of fused-ring (bicyclic) bond motifs is 1. The highest BCUT2D eigenvalue weighted by Gasteiger charge is 2.24. The molecule has 3 N–H and O–H groups in total. The molecule has 1 atom stereocenters. The van der Waals surface area contributed by atoms with Crippen molar-refractivity contribution in [2.24, 2.45) is 0 Å². The van der Waals surface area contributed by atoms with Gasteiger partial charge in [-0.1, -0.05) is 66.7 Å². The van der Waals surface area contributed by atoms with Crippen LogP contribution < -0.4 is 10.6 Å². The number of rotatable bonds is 7. The number of aromatic nitrogens is 1. The van der Waals surface area contributed by atoms with Gasteiger partial charge < -0.3 is 15.6 Å². The van der Waals surface area contributed by atoms with Crippen LogP contribution in [0, 0.1) is 11.3 Å². The molecule has 0 aliphatic carbocycles. The summed E-state index contributed by atoms with van der Waals surface area (Å²) in [5, 5.41) is 15.3. The van der Waals surface area contributed by atoms with E-state index in [9.17, 15) is 9.59 Å². The van der Waals surface area contributed by atoms with E-state index in [1.54, 1.807) is 12.1 Å². The van der Waals surface area contributed by atoms with Crippen LogP contribution >= 0.6 is 0 Å². The van der Waals surface area contributed by atoms with E-state index in [1.165, 1.54) is 0 Å². The third kappa shape index (κ3) is 4.52. The zero-order valence-electron chi connectivity index (χ0n) is 17.3. The number of hydrogen-bond donors (Lipinski definition) is 3. The van der Waals surface area contributed by atoms with Crippen LogP contribution in [-0.4, -0.2) is 29.4 Å². The maximum absolute atomic E-state index is 13.3. The number of carbonyl (C=O) groups is 2. The van der Waals surface area contributed by atoms with Crippen molar-refractivity contribution in [2.45, 2.75) is 12.5 Å². The highest BCUT2D eigenvalue weighted by molar-refractivity contribution is 6.03. The smallest absolute Gasteiger partial charge is 0.252 e. The monoisotopic (exact) mass is 422 g/mol. The Balaban J connectivity index is 1.62. The average Bonchev–Trinajstić information content (AvgIpc) is 3.25. The quantitative estimate of drug-likeness (QED) is 0.395. The van der Waals surface area contributed by atoms with E-state index in [4.69, 9.17) is 5.26 Å². The van der Waals surface area contributed by atoms with Crippen molar-refractivity contribution < 1.29 is 9.59 Å². The number of para-hydroxylation sites is 1. The predicted octanol–water partition coefficient (Wildman–Crippen LogP) is 3.82. The van der Waals surface area contributed by atoms with Crippen LogP contribution in [0.3, 0.4) is 0 Å². The largest absolute Gasteiger partial charge is 0.361 e. The van der Waals surface area contributed by atoms with Gasteiger partial charge in [-0.3, -0.25) is 9.59 Å². The molecule has 0 aliphatic rings. The number of nitrogens with zero attached hydrogens (tertiary/aromatic N) is 1. The van der Waals surface area contributed by atoms with Gasteiger partial charge in [-0.25, -0.2) is 0 Å². The molecule has 158 valence electrons. The van der Waals surface area contributed by atoms with Crippen LogP contribution in [0.15, 0.2) is 85.1 Å². The lowest BCUT2D eigenvalue weighted by atomic mass is 9.98. The van der Waals surface area contributed by atoms with E-state index in [2.05, 4.69) is 15.6 Å². The third-order valence-electron chi connectivity index (χ3n) is 5.32. The molecule has 2 amide bonds. The standard InChI is InChI=1S/C26H22N4O2/c27-14-15-28-26(32)24(16-19-17-29-23-13-7-6-11-21(19)23)30-25(31)22-12-5-4-10-20(22)18-8-2-1-3-9-18/h1-13,17,24,29H,15-16H2,(H,28,32)(H,30,31). The van der Waals surface area contributed by atoms with Gasteiger partial charge in [0.2, 0.25) is 5.91 Å². The van der Waals surface area contributed by atoms with E-state index in [1.807, 2.05) is 79.0 Å². The fourth-order valence-corrected chi connectivity index (χ4v) is 3.77. The average molecular weight is 422 g/mol. The van der Waals surface area contributed by atoms with E-state index >= 15 is 0 Å². The Kier molecular flexibility index (Phi) is 6.28. The van der Waals surface area contributed by atoms with Crippen molar-refractivity contribution >= 4 is 22.7 Å². The van der Waals surface area contributed by atoms with Crippen molar-refractivity contribution in [1.29, 1.82) is 5.26 Å². The van der Waals surface area contributed by atoms with Crippen LogP contribution in [0.2, 0.25) is 0 Å². The molecule has 32 heavy (non-hydrogen) atoms. The molecule has 6 nitrogen and oxygen atoms in total. The van der Waals surface area contributed by atoms with Crippen molar-refractivity contribution in [3.05, 3.63) is 96.2 Å². The highest BCUT2D eigenvalue weighted by Crippen LogP contribution is 2.24. The molecule has 1 aromatic heterocycles. The second kappa shape index (κ2) is 9.63. The second-order valence-corrected chi connectivity index (χ2v) is 7.38. The Morgan fingerprint density at radius 3 is 2.47 bits per heavy atom. The predicted molar refractivity (Wildman–Crippen MR) is 124 cm³/mol. The number of aromatic amines is 1. The van der Waals surface area contributed by atoms with Crippen molar-refractivity contribution in [3.8, 4) is 17.2 Å². The zero-order chi connectivity index (χ0) is 22.3. The van der Waals surface area contributed by atoms with Crippen LogP contribution in [0.25, 0.3) is 22.0 Å². The number of H-pyrrole nitrogens is 1. The van der Waals surface area contributed by atoms with E-state index in [0.717, 1.165) is 27.6 Å². The molecule has 0 saturated heterocycles. The number of benzene rings is 3. The SMILES string of the molecule is N#CCNC(=O)C(Cc1c[nH]c2ccccc12)NC(=O)c1ccccc1-c1ccccc1. The molecule has 0 radical (unpaired) electrons. The van der Waals surface area contributed by atoms with E-state index in [0.29, 0.717) is 12.0 Å². The first kappa shape index (κ1) is 20.9. The number of amides is 2. The minimum Gasteiger partial charge on any atom is -0.361 e. The minimum atomic E-state index is -0.834. The number of nitrogens with one attached hydrogen (secondary N) is 3. The van der Waals surface area contributed by atoms with Crippen LogP contribution in [0.1, 0.15) is 15.9 Å². The van der Waals surface area contributed by atoms with Gasteiger partial charge in [-0.15, -0.1) is 0 Å². The van der Waals surface area contributed by atoms with Gasteiger partial charge in [-0.05, 0) is 28.8 Å². The van der Waals surface area contributed by atoms with Crippen molar-refractivity contribution in [2.75, 3.05) is 6.54 Å². The van der Waals surface area contributed by atoms with Gasteiger partial charge in [-0.2, -0.15) is 5.26 Å². The summed E-state index contributed by atoms with van der Waals surface area (Å²) in [4.78, 5) is 29.2. The zero-order valence-corrected chi connectivity index (χ0v) is 17.3. The van der Waals surface area contributed by atoms with Crippen LogP contribution in [0.5, 0.6) is 0 Å². The molecule has 0 aliphatic heterocycles. The lowest BCUT2D eigenvalue weighted by molar-refractivity contribution is -0.122. The minimum absolute atomic E-state index is 0.125. The number of carbonyl (C=O) groups excluding carboxylic acids is 2. The first-order valence-corrected chi connectivity index (χ1v) is 10.3. The summed E-state index contributed by atoms with van der Waals surface area (Å²) in [6, 6.07) is 25.8. The summed E-state index contributed by atoms with van der Waals surface area (Å²) in [6.45, 7) is -0.125. The number of hydrogen-bond acceptors (Lipinski definition) is 3. The molecule has 4 aromatic rings. The molecule has 0 fully saturated rings. The maximum Gasteiger partial charge on any atom is 0.252 e. The van der Waals surface area contributed by atoms with Gasteiger partial charge in [0.1, 0.15) is 12.6 Å². The van der Waals surface area contributed by atoms with Gasteiger partial charge in [0.05, 0.1) is 6.07 Å². The van der Waals surface area contributed by atoms with Gasteiger partial charge >= 0.3 is 0 Å². The van der Waals surface area contributed by atoms with Crippen molar-refractivity contribution in [1.82, 2.24) is 15.6 Å². The molecular formula is C26H22N4O2. The van der Waals surface area contributed by atoms with Gasteiger partial charge in [0.25, 0.3) is 5.91 Å². The van der Waals surface area contributed by atoms with Crippen LogP contribution in [0.4, 0.5) is 0 Å². The van der Waals surface area contributed by atoms with Crippen molar-refractivity contribution in [3.63, 3.8) is 0 Å². The summed E-state index contributed by atoms with van der Waals surface area (Å²) in [6.07, 6.45) is 2.14. The Labute approximate surface area is 185 Å². The Morgan fingerprint density at radius 2 is 1.66 bits per heavy atom. The molecule has 3 aromatic carbocycles. The fraction of sp³-hybridized carbons (Fsp3) is 0.115. The second-order valence-electron chi connectivity index (χ2n) is 7.38. The Bertz CT molecular complexity index is 1290. The normalized spacial score (nSPS) is 11.5. The summed E-state index contributed by atoms with van der Waals surface area (Å²) in [5.41, 5.74) is 4.05. The van der Waals surface area contributed by atoms with Gasteiger partial charge in [0, 0.05) is 29.1 Å². The first-order valence-electron chi connectivity index (χ1n) is 10.3. The van der Waals surface area contributed by atoms with Gasteiger partial charge in [0.15, 0.2) is 0 Å². The number of nitriles is 1. The van der Waals surface area contributed by atoms with E-state index in [-0.39, 0.29) is 12.5 Å². The fourth-order valence-electron chi connectivity index (χ4n) is 3.77. The molecule has 0 spiro atoms. The molecule has 0 saturated carbocycles. The molecule has 0 bridgehead atoms. The molecule has 6 heteroatoms. The Hall–Kier alpha value is -4.37.